The molecule has 0 nitrogen and oxygen atoms in total. The lowest BCUT2D eigenvalue weighted by atomic mass is 9.95. The minimum Gasteiger partial charge on any atom is -0.0949 e. The molecule has 0 atom stereocenters. The second-order valence-electron chi connectivity index (χ2n) is 4.80. The van der Waals surface area contributed by atoms with Gasteiger partial charge in [-0.3, -0.25) is 0 Å². The van der Waals surface area contributed by atoms with Gasteiger partial charge in [-0.25, -0.2) is 0 Å². The first-order valence-corrected chi connectivity index (χ1v) is 6.71. The molecule has 0 bridgehead atoms. The highest BCUT2D eigenvalue weighted by molar-refractivity contribution is 5.77. The highest BCUT2D eigenvalue weighted by Crippen LogP contribution is 2.26. The number of hydrogen-bond acceptors (Lipinski definition) is 0. The summed E-state index contributed by atoms with van der Waals surface area (Å²) in [4.78, 5) is 0. The van der Waals surface area contributed by atoms with Gasteiger partial charge in [0, 0.05) is 0 Å². The fourth-order valence-electron chi connectivity index (χ4n) is 2.11. The summed E-state index contributed by atoms with van der Waals surface area (Å²) in [5, 5.41) is 0. The lowest BCUT2D eigenvalue weighted by Crippen LogP contribution is -1.88. The van der Waals surface area contributed by atoms with Crippen molar-refractivity contribution in [2.75, 3.05) is 0 Å². The van der Waals surface area contributed by atoms with Crippen LogP contribution in [0.4, 0.5) is 0 Å². The minimum absolute atomic E-state index is 0.815. The van der Waals surface area contributed by atoms with Gasteiger partial charge in [0.25, 0.3) is 0 Å². The zero-order chi connectivity index (χ0) is 13.7. The molecule has 2 aromatic carbocycles. The number of allylic oxidation sites excluding steroid dienone is 2. The van der Waals surface area contributed by atoms with Crippen molar-refractivity contribution in [1.82, 2.24) is 0 Å². The molecule has 0 spiro atoms. The smallest absolute Gasteiger partial charge is 0.00256 e. The predicted molar refractivity (Wildman–Crippen MR) is 84.9 cm³/mol. The number of benzene rings is 2. The van der Waals surface area contributed by atoms with Gasteiger partial charge in [0.15, 0.2) is 0 Å². The molecule has 0 aromatic heterocycles. The molecule has 0 unspecified atom stereocenters. The second kappa shape index (κ2) is 6.19. The lowest BCUT2D eigenvalue weighted by molar-refractivity contribution is 1.14. The van der Waals surface area contributed by atoms with E-state index in [1.807, 2.05) is 18.2 Å². The number of aryl methyl sites for hydroxylation is 1. The molecule has 0 aliphatic heterocycles. The Hall–Kier alpha value is -2.08. The second-order valence-corrected chi connectivity index (χ2v) is 4.80. The molecule has 0 saturated carbocycles. The Balaban J connectivity index is 2.06. The summed E-state index contributed by atoms with van der Waals surface area (Å²) in [6, 6.07) is 18.9. The standard InChI is InChI=1S/C19H20/c1-4-17-10-12-19(13-11-17)16(3)14-15(2)18-8-6-5-7-9-18/h5-13H,2-4,14H2,1H3. The van der Waals surface area contributed by atoms with E-state index in [-0.39, 0.29) is 0 Å². The van der Waals surface area contributed by atoms with Crippen LogP contribution in [-0.2, 0) is 6.42 Å². The van der Waals surface area contributed by atoms with Crippen LogP contribution in [0.5, 0.6) is 0 Å². The van der Waals surface area contributed by atoms with Crippen LogP contribution >= 0.6 is 0 Å². The van der Waals surface area contributed by atoms with Crippen molar-refractivity contribution in [3.8, 4) is 0 Å². The van der Waals surface area contributed by atoms with Gasteiger partial charge in [0.05, 0.1) is 0 Å². The van der Waals surface area contributed by atoms with Gasteiger partial charge >= 0.3 is 0 Å². The molecule has 0 heterocycles. The molecular weight excluding hydrogens is 228 g/mol. The molecule has 0 saturated heterocycles. The van der Waals surface area contributed by atoms with Crippen LogP contribution < -0.4 is 0 Å². The molecule has 96 valence electrons. The van der Waals surface area contributed by atoms with Crippen LogP contribution in [0, 0.1) is 0 Å². The molecule has 2 aromatic rings. The van der Waals surface area contributed by atoms with Gasteiger partial charge in [-0.05, 0) is 40.7 Å². The highest BCUT2D eigenvalue weighted by atomic mass is 14.1. The van der Waals surface area contributed by atoms with Crippen LogP contribution in [0.3, 0.4) is 0 Å². The number of hydrogen-bond donors (Lipinski definition) is 0. The molecule has 0 aliphatic rings. The summed E-state index contributed by atoms with van der Waals surface area (Å²) >= 11 is 0. The molecule has 0 aliphatic carbocycles. The first-order valence-electron chi connectivity index (χ1n) is 6.71. The van der Waals surface area contributed by atoms with Crippen molar-refractivity contribution in [1.29, 1.82) is 0 Å². The van der Waals surface area contributed by atoms with E-state index in [1.165, 1.54) is 16.7 Å². The monoisotopic (exact) mass is 248 g/mol. The summed E-state index contributed by atoms with van der Waals surface area (Å²) in [6.07, 6.45) is 1.89. The van der Waals surface area contributed by atoms with Gasteiger partial charge in [0.1, 0.15) is 0 Å². The molecule has 0 N–H and O–H groups in total. The van der Waals surface area contributed by atoms with Crippen molar-refractivity contribution in [2.45, 2.75) is 19.8 Å². The van der Waals surface area contributed by atoms with E-state index in [0.717, 1.165) is 24.0 Å². The lowest BCUT2D eigenvalue weighted by Gasteiger charge is -2.10. The van der Waals surface area contributed by atoms with Crippen LogP contribution in [0.15, 0.2) is 67.8 Å². The first-order chi connectivity index (χ1) is 9.20. The quantitative estimate of drug-likeness (QED) is 0.667. The van der Waals surface area contributed by atoms with E-state index >= 15 is 0 Å². The third-order valence-electron chi connectivity index (χ3n) is 3.38. The van der Waals surface area contributed by atoms with Gasteiger partial charge < -0.3 is 0 Å². The molecule has 0 amide bonds. The Kier molecular flexibility index (Phi) is 4.35. The fourth-order valence-corrected chi connectivity index (χ4v) is 2.11. The summed E-state index contributed by atoms with van der Waals surface area (Å²) in [5.74, 6) is 0. The summed E-state index contributed by atoms with van der Waals surface area (Å²) < 4.78 is 0. The van der Waals surface area contributed by atoms with E-state index in [4.69, 9.17) is 0 Å². The van der Waals surface area contributed by atoms with Crippen LogP contribution in [0.1, 0.15) is 30.0 Å². The summed E-state index contributed by atoms with van der Waals surface area (Å²) in [6.45, 7) is 10.5. The van der Waals surface area contributed by atoms with Crippen LogP contribution in [-0.4, -0.2) is 0 Å². The topological polar surface area (TPSA) is 0 Å². The predicted octanol–water partition coefficient (Wildman–Crippen LogP) is 5.37. The Morgan fingerprint density at radius 3 is 1.84 bits per heavy atom. The Morgan fingerprint density at radius 1 is 0.789 bits per heavy atom. The van der Waals surface area contributed by atoms with Gasteiger partial charge in [-0.1, -0.05) is 74.7 Å². The van der Waals surface area contributed by atoms with E-state index in [0.29, 0.717) is 0 Å². The molecular formula is C19H20. The first kappa shape index (κ1) is 13.4. The zero-order valence-corrected chi connectivity index (χ0v) is 11.5. The van der Waals surface area contributed by atoms with Crippen molar-refractivity contribution >= 4 is 11.1 Å². The Bertz CT molecular complexity index is 559. The largest absolute Gasteiger partial charge is 0.0949 e. The highest BCUT2D eigenvalue weighted by Gasteiger charge is 2.03. The van der Waals surface area contributed by atoms with Crippen molar-refractivity contribution in [3.63, 3.8) is 0 Å². The van der Waals surface area contributed by atoms with Gasteiger partial charge in [0.2, 0.25) is 0 Å². The third-order valence-corrected chi connectivity index (χ3v) is 3.38. The fraction of sp³-hybridized carbons (Fsp3) is 0.158. The van der Waals surface area contributed by atoms with Crippen LogP contribution in [0.25, 0.3) is 11.1 Å². The summed E-state index contributed by atoms with van der Waals surface area (Å²) in [7, 11) is 0. The Labute approximate surface area is 116 Å². The maximum atomic E-state index is 4.19. The SMILES string of the molecule is C=C(CC(=C)c1ccc(CC)cc1)c1ccccc1. The maximum Gasteiger partial charge on any atom is -0.00256 e. The molecule has 2 rings (SSSR count). The van der Waals surface area contributed by atoms with Crippen molar-refractivity contribution < 1.29 is 0 Å². The maximum absolute atomic E-state index is 4.19. The molecule has 0 radical (unpaired) electrons. The van der Waals surface area contributed by atoms with E-state index in [2.05, 4.69) is 56.5 Å². The molecule has 0 fully saturated rings. The molecule has 0 heteroatoms. The van der Waals surface area contributed by atoms with Crippen LogP contribution in [0.2, 0.25) is 0 Å². The van der Waals surface area contributed by atoms with E-state index in [9.17, 15) is 0 Å². The van der Waals surface area contributed by atoms with Gasteiger partial charge in [-0.15, -0.1) is 0 Å². The van der Waals surface area contributed by atoms with Crippen molar-refractivity contribution in [3.05, 3.63) is 84.4 Å². The molecule has 19 heavy (non-hydrogen) atoms. The van der Waals surface area contributed by atoms with E-state index < -0.39 is 0 Å². The average molecular weight is 248 g/mol. The Morgan fingerprint density at radius 2 is 1.32 bits per heavy atom. The summed E-state index contributed by atoms with van der Waals surface area (Å²) in [5.41, 5.74) is 5.99. The normalized spacial score (nSPS) is 10.2. The van der Waals surface area contributed by atoms with E-state index in [1.54, 1.807) is 0 Å². The van der Waals surface area contributed by atoms with Gasteiger partial charge in [-0.2, -0.15) is 0 Å². The zero-order valence-electron chi connectivity index (χ0n) is 11.5. The minimum atomic E-state index is 0.815. The third kappa shape index (κ3) is 3.45. The number of rotatable bonds is 5. The average Bonchev–Trinajstić information content (AvgIpc) is 2.48. The van der Waals surface area contributed by atoms with Crippen molar-refractivity contribution in [2.24, 2.45) is 0 Å².